The van der Waals surface area contributed by atoms with E-state index in [1.165, 1.54) is 14.2 Å². The van der Waals surface area contributed by atoms with E-state index in [1.54, 1.807) is 36.4 Å². The molecule has 4 atom stereocenters. The van der Waals surface area contributed by atoms with E-state index in [4.69, 9.17) is 23.7 Å². The van der Waals surface area contributed by atoms with Gasteiger partial charge in [0.1, 0.15) is 17.2 Å². The third-order valence-electron chi connectivity index (χ3n) is 7.88. The summed E-state index contributed by atoms with van der Waals surface area (Å²) in [6.07, 6.45) is 0. The Morgan fingerprint density at radius 2 is 1.27 bits per heavy atom. The predicted molar refractivity (Wildman–Crippen MR) is 150 cm³/mol. The molecule has 1 fully saturated rings. The third kappa shape index (κ3) is 4.61. The largest absolute Gasteiger partial charge is 0.496 e. The third-order valence-corrected chi connectivity index (χ3v) is 7.88. The predicted octanol–water partition coefficient (Wildman–Crippen LogP) is 5.90. The average Bonchev–Trinajstić information content (AvgIpc) is 3.45. The Kier molecular flexibility index (Phi) is 6.97. The molecule has 41 heavy (non-hydrogen) atoms. The highest BCUT2D eigenvalue weighted by atomic mass is 16.7. The van der Waals surface area contributed by atoms with Gasteiger partial charge < -0.3 is 28.8 Å². The summed E-state index contributed by atoms with van der Waals surface area (Å²) in [4.78, 5) is 26.9. The molecule has 0 saturated heterocycles. The van der Waals surface area contributed by atoms with Crippen LogP contribution in [0.25, 0.3) is 11.1 Å². The van der Waals surface area contributed by atoms with Crippen molar-refractivity contribution in [3.63, 3.8) is 0 Å². The first-order valence-corrected chi connectivity index (χ1v) is 13.2. The van der Waals surface area contributed by atoms with Gasteiger partial charge in [-0.1, -0.05) is 60.7 Å². The Hall–Kier alpha value is -4.98. The van der Waals surface area contributed by atoms with Crippen LogP contribution in [-0.4, -0.2) is 38.1 Å². The molecule has 4 aromatic carbocycles. The minimum Gasteiger partial charge on any atom is -0.496 e. The molecule has 1 saturated carbocycles. The number of esters is 1. The lowest BCUT2D eigenvalue weighted by Crippen LogP contribution is -2.52. The Labute approximate surface area is 237 Å². The topological polar surface area (TPSA) is 101 Å². The zero-order chi connectivity index (χ0) is 28.5. The highest BCUT2D eigenvalue weighted by molar-refractivity contribution is 5.87. The fourth-order valence-electron chi connectivity index (χ4n) is 6.04. The van der Waals surface area contributed by atoms with E-state index in [0.717, 1.165) is 5.56 Å². The van der Waals surface area contributed by atoms with Gasteiger partial charge in [-0.25, -0.2) is 0 Å². The number of aliphatic carboxylic acids is 1. The van der Waals surface area contributed by atoms with E-state index >= 15 is 0 Å². The molecule has 0 radical (unpaired) electrons. The Bertz CT molecular complexity index is 1560. The summed E-state index contributed by atoms with van der Waals surface area (Å²) in [7, 11) is 3.06. The van der Waals surface area contributed by atoms with E-state index in [-0.39, 0.29) is 6.79 Å². The number of carbonyl (C=O) groups is 2. The van der Waals surface area contributed by atoms with E-state index < -0.39 is 35.6 Å². The summed E-state index contributed by atoms with van der Waals surface area (Å²) >= 11 is 0. The molecule has 0 amide bonds. The van der Waals surface area contributed by atoms with Gasteiger partial charge in [0.05, 0.1) is 26.1 Å². The molecule has 4 aromatic rings. The normalized spacial score (nSPS) is 20.5. The maximum absolute atomic E-state index is 14.2. The maximum atomic E-state index is 14.2. The van der Waals surface area contributed by atoms with Crippen LogP contribution in [0.3, 0.4) is 0 Å². The number of carbonyl (C=O) groups excluding carboxylic acids is 1. The lowest BCUT2D eigenvalue weighted by atomic mass is 9.52. The average molecular weight is 553 g/mol. The molecule has 0 spiro atoms. The smallest absolute Gasteiger partial charge is 0.315 e. The van der Waals surface area contributed by atoms with Crippen molar-refractivity contribution < 1.29 is 38.4 Å². The summed E-state index contributed by atoms with van der Waals surface area (Å²) in [5.74, 6) is -2.03. The zero-order valence-electron chi connectivity index (χ0n) is 22.5. The Morgan fingerprint density at radius 1 is 0.707 bits per heavy atom. The summed E-state index contributed by atoms with van der Waals surface area (Å²) in [5.41, 5.74) is 2.76. The molecule has 1 aliphatic carbocycles. The lowest BCUT2D eigenvalue weighted by Gasteiger charge is -2.49. The molecule has 3 unspecified atom stereocenters. The first-order chi connectivity index (χ1) is 20.0. The van der Waals surface area contributed by atoms with Gasteiger partial charge in [-0.15, -0.1) is 0 Å². The minimum absolute atomic E-state index is 0.149. The van der Waals surface area contributed by atoms with Crippen molar-refractivity contribution in [2.75, 3.05) is 21.0 Å². The number of carboxylic acid groups (broad SMARTS) is 1. The second kappa shape index (κ2) is 10.9. The lowest BCUT2D eigenvalue weighted by molar-refractivity contribution is -0.158. The molecule has 0 bridgehead atoms. The van der Waals surface area contributed by atoms with Crippen LogP contribution in [0.4, 0.5) is 0 Å². The SMILES string of the molecule is COc1ccccc1C1C(C(=O)O)[C@@H](c2ccccc2OC)C1C(=O)Oc1ccccc1-c1ccc2c(c1)OCO2. The molecular formula is C33H28O8. The van der Waals surface area contributed by atoms with Gasteiger partial charge in [-0.3, -0.25) is 9.59 Å². The highest BCUT2D eigenvalue weighted by Crippen LogP contribution is 2.60. The number of methoxy groups -OCH3 is 2. The van der Waals surface area contributed by atoms with Gasteiger partial charge in [0, 0.05) is 17.4 Å². The van der Waals surface area contributed by atoms with Crippen LogP contribution in [0.15, 0.2) is 91.0 Å². The molecule has 1 aliphatic heterocycles. The second-order valence-electron chi connectivity index (χ2n) is 9.91. The number of hydrogen-bond donors (Lipinski definition) is 1. The standard InChI is InChI=1S/C33H28O8/c1-37-23-12-6-4-10-21(23)28-30(32(34)35)29(22-11-5-7-13-24(22)38-2)31(28)33(36)41-25-14-8-3-9-20(25)19-15-16-26-27(17-19)40-18-39-26/h3-17,28-31H,18H2,1-2H3,(H,34,35)/t28-,29?,30?,31?/m1/s1. The summed E-state index contributed by atoms with van der Waals surface area (Å²) in [6, 6.07) is 27.1. The Morgan fingerprint density at radius 3 is 1.88 bits per heavy atom. The van der Waals surface area contributed by atoms with Crippen molar-refractivity contribution in [2.24, 2.45) is 11.8 Å². The van der Waals surface area contributed by atoms with Gasteiger partial charge in [-0.05, 0) is 47.0 Å². The van der Waals surface area contributed by atoms with Crippen molar-refractivity contribution in [3.05, 3.63) is 102 Å². The van der Waals surface area contributed by atoms with Crippen molar-refractivity contribution >= 4 is 11.9 Å². The molecule has 1 N–H and O–H groups in total. The van der Waals surface area contributed by atoms with Crippen molar-refractivity contribution in [1.29, 1.82) is 0 Å². The fourth-order valence-corrected chi connectivity index (χ4v) is 6.04. The number of hydrogen-bond acceptors (Lipinski definition) is 7. The number of ether oxygens (including phenoxy) is 5. The van der Waals surface area contributed by atoms with Gasteiger partial charge >= 0.3 is 11.9 Å². The monoisotopic (exact) mass is 552 g/mol. The molecule has 8 nitrogen and oxygen atoms in total. The van der Waals surface area contributed by atoms with Crippen LogP contribution in [0, 0.1) is 11.8 Å². The van der Waals surface area contributed by atoms with Crippen LogP contribution in [0.5, 0.6) is 28.7 Å². The van der Waals surface area contributed by atoms with Crippen LogP contribution in [-0.2, 0) is 9.59 Å². The van der Waals surface area contributed by atoms with E-state index in [9.17, 15) is 14.7 Å². The van der Waals surface area contributed by atoms with Gasteiger partial charge in [0.2, 0.25) is 6.79 Å². The van der Waals surface area contributed by atoms with Crippen LogP contribution in [0.2, 0.25) is 0 Å². The van der Waals surface area contributed by atoms with E-state index in [0.29, 0.717) is 45.4 Å². The summed E-state index contributed by atoms with van der Waals surface area (Å²) in [6.45, 7) is 0.149. The van der Waals surface area contributed by atoms with Crippen LogP contribution >= 0.6 is 0 Å². The number of benzene rings is 4. The first-order valence-electron chi connectivity index (χ1n) is 13.2. The van der Waals surface area contributed by atoms with Gasteiger partial charge in [0.25, 0.3) is 0 Å². The molecule has 0 aromatic heterocycles. The maximum Gasteiger partial charge on any atom is 0.315 e. The number of carboxylic acids is 1. The second-order valence-corrected chi connectivity index (χ2v) is 9.91. The zero-order valence-corrected chi connectivity index (χ0v) is 22.5. The number of rotatable bonds is 8. The van der Waals surface area contributed by atoms with Crippen LogP contribution < -0.4 is 23.7 Å². The Balaban J connectivity index is 1.42. The summed E-state index contributed by atoms with van der Waals surface area (Å²) in [5, 5.41) is 10.4. The van der Waals surface area contributed by atoms with Crippen LogP contribution in [0.1, 0.15) is 23.0 Å². The minimum atomic E-state index is -1.01. The van der Waals surface area contributed by atoms with Crippen molar-refractivity contribution in [3.8, 4) is 39.9 Å². The van der Waals surface area contributed by atoms with Gasteiger partial charge in [-0.2, -0.15) is 0 Å². The first kappa shape index (κ1) is 26.3. The van der Waals surface area contributed by atoms with Crippen molar-refractivity contribution in [1.82, 2.24) is 0 Å². The molecule has 8 heteroatoms. The van der Waals surface area contributed by atoms with E-state index in [1.807, 2.05) is 54.6 Å². The molecule has 2 aliphatic rings. The quantitative estimate of drug-likeness (QED) is 0.213. The van der Waals surface area contributed by atoms with E-state index in [2.05, 4.69) is 0 Å². The fraction of sp³-hybridized carbons (Fsp3) is 0.212. The van der Waals surface area contributed by atoms with Gasteiger partial charge in [0.15, 0.2) is 11.5 Å². The highest BCUT2D eigenvalue weighted by Gasteiger charge is 2.60. The molecule has 208 valence electrons. The number of para-hydroxylation sites is 3. The molecule has 6 rings (SSSR count). The summed E-state index contributed by atoms with van der Waals surface area (Å²) < 4.78 is 28.3. The molecule has 1 heterocycles. The molecular weight excluding hydrogens is 524 g/mol. The number of fused-ring (bicyclic) bond motifs is 1. The van der Waals surface area contributed by atoms with Crippen molar-refractivity contribution in [2.45, 2.75) is 11.8 Å².